The molecule has 0 aliphatic carbocycles. The lowest BCUT2D eigenvalue weighted by molar-refractivity contribution is -0.139. The molecule has 1 saturated heterocycles. The van der Waals surface area contributed by atoms with E-state index in [4.69, 9.17) is 0 Å². The summed E-state index contributed by atoms with van der Waals surface area (Å²) in [6.07, 6.45) is -3.93. The highest BCUT2D eigenvalue weighted by Gasteiger charge is 2.31. The zero-order valence-corrected chi connectivity index (χ0v) is 17.9. The van der Waals surface area contributed by atoms with Crippen LogP contribution in [0, 0.1) is 13.8 Å². The number of aromatic nitrogens is 1. The summed E-state index contributed by atoms with van der Waals surface area (Å²) in [4.78, 5) is 40.2. The first-order chi connectivity index (χ1) is 15.0. The maximum Gasteiger partial charge on any atom is 0.417 e. The van der Waals surface area contributed by atoms with Gasteiger partial charge in [-0.25, -0.2) is 0 Å². The Balaban J connectivity index is 1.53. The molecule has 3 rings (SSSR count). The van der Waals surface area contributed by atoms with Gasteiger partial charge in [0.05, 0.1) is 12.1 Å². The summed E-state index contributed by atoms with van der Waals surface area (Å²) >= 11 is 0. The average molecular weight is 450 g/mol. The lowest BCUT2D eigenvalue weighted by Gasteiger charge is -2.34. The second-order valence-corrected chi connectivity index (χ2v) is 7.85. The fourth-order valence-corrected chi connectivity index (χ4v) is 3.62. The smallest absolute Gasteiger partial charge is 0.339 e. The van der Waals surface area contributed by atoms with E-state index < -0.39 is 29.8 Å². The molecule has 0 radical (unpaired) electrons. The van der Waals surface area contributed by atoms with Crippen molar-refractivity contribution in [3.05, 3.63) is 63.6 Å². The number of carbonyl (C=O) groups excluding carboxylic acids is 2. The predicted molar refractivity (Wildman–Crippen MR) is 113 cm³/mol. The van der Waals surface area contributed by atoms with Crippen LogP contribution in [-0.2, 0) is 22.3 Å². The van der Waals surface area contributed by atoms with Crippen LogP contribution in [0.3, 0.4) is 0 Å². The number of pyridine rings is 1. The van der Waals surface area contributed by atoms with Gasteiger partial charge in [-0.15, -0.1) is 0 Å². The minimum atomic E-state index is -4.60. The number of piperazine rings is 1. The summed E-state index contributed by atoms with van der Waals surface area (Å²) in [6, 6.07) is 7.27. The van der Waals surface area contributed by atoms with Crippen molar-refractivity contribution in [2.75, 3.05) is 38.0 Å². The van der Waals surface area contributed by atoms with Crippen LogP contribution in [-0.4, -0.2) is 58.9 Å². The molecular formula is C22H25F3N4O3. The van der Waals surface area contributed by atoms with Gasteiger partial charge in [0.25, 0.3) is 5.56 Å². The van der Waals surface area contributed by atoms with Crippen molar-refractivity contribution in [3.63, 3.8) is 0 Å². The van der Waals surface area contributed by atoms with Gasteiger partial charge in [0.1, 0.15) is 6.54 Å². The number of halogens is 3. The van der Waals surface area contributed by atoms with E-state index in [1.807, 2.05) is 36.9 Å². The molecule has 0 bridgehead atoms. The van der Waals surface area contributed by atoms with Gasteiger partial charge in [0, 0.05) is 44.1 Å². The number of rotatable bonds is 5. The van der Waals surface area contributed by atoms with E-state index in [1.165, 1.54) is 4.90 Å². The maximum absolute atomic E-state index is 12.9. The highest BCUT2D eigenvalue weighted by molar-refractivity contribution is 5.93. The van der Waals surface area contributed by atoms with Gasteiger partial charge in [0.15, 0.2) is 0 Å². The standard InChI is InChI=1S/C22H25F3N4O3/c1-15-4-3-5-16(2)21(15)26-18(30)13-27-8-10-28(11-9-27)20(32)14-29-12-17(22(23,24)25)6-7-19(29)31/h3-7,12H,8-11,13-14H2,1-2H3,(H,26,30). The number of hydrogen-bond acceptors (Lipinski definition) is 4. The largest absolute Gasteiger partial charge is 0.417 e. The highest BCUT2D eigenvalue weighted by Crippen LogP contribution is 2.28. The Bertz CT molecular complexity index is 1040. The first-order valence-electron chi connectivity index (χ1n) is 10.2. The number of hydrogen-bond donors (Lipinski definition) is 1. The van der Waals surface area contributed by atoms with Crippen LogP contribution in [0.15, 0.2) is 41.3 Å². The third-order valence-electron chi connectivity index (χ3n) is 5.45. The van der Waals surface area contributed by atoms with Crippen LogP contribution in [0.5, 0.6) is 0 Å². The number of nitrogens with zero attached hydrogens (tertiary/aromatic N) is 3. The zero-order chi connectivity index (χ0) is 23.5. The van der Waals surface area contributed by atoms with Gasteiger partial charge in [-0.3, -0.25) is 19.3 Å². The van der Waals surface area contributed by atoms with Crippen molar-refractivity contribution in [2.24, 2.45) is 0 Å². The van der Waals surface area contributed by atoms with E-state index >= 15 is 0 Å². The lowest BCUT2D eigenvalue weighted by Crippen LogP contribution is -2.51. The van der Waals surface area contributed by atoms with Gasteiger partial charge in [0.2, 0.25) is 11.8 Å². The summed E-state index contributed by atoms with van der Waals surface area (Å²) in [7, 11) is 0. The van der Waals surface area contributed by atoms with E-state index in [1.54, 1.807) is 0 Å². The number of para-hydroxylation sites is 1. The molecule has 1 aliphatic heterocycles. The Morgan fingerprint density at radius 2 is 1.59 bits per heavy atom. The number of anilines is 1. The van der Waals surface area contributed by atoms with E-state index in [0.717, 1.165) is 27.4 Å². The van der Waals surface area contributed by atoms with Crippen molar-refractivity contribution < 1.29 is 22.8 Å². The molecular weight excluding hydrogens is 425 g/mol. The third-order valence-corrected chi connectivity index (χ3v) is 5.45. The van der Waals surface area contributed by atoms with Crippen LogP contribution in [0.2, 0.25) is 0 Å². The molecule has 1 aromatic carbocycles. The summed E-state index contributed by atoms with van der Waals surface area (Å²) in [5.74, 6) is -0.594. The number of amides is 2. The van der Waals surface area contributed by atoms with E-state index in [2.05, 4.69) is 5.32 Å². The van der Waals surface area contributed by atoms with Crippen LogP contribution in [0.4, 0.5) is 18.9 Å². The van der Waals surface area contributed by atoms with Gasteiger partial charge in [-0.1, -0.05) is 18.2 Å². The molecule has 0 saturated carbocycles. The summed E-state index contributed by atoms with van der Waals surface area (Å²) < 4.78 is 39.4. The van der Waals surface area contributed by atoms with Gasteiger partial charge in [-0.2, -0.15) is 13.2 Å². The number of carbonyl (C=O) groups is 2. The Labute approximate surface area is 183 Å². The molecule has 0 atom stereocenters. The Morgan fingerprint density at radius 3 is 2.19 bits per heavy atom. The van der Waals surface area contributed by atoms with Crippen molar-refractivity contribution in [3.8, 4) is 0 Å². The van der Waals surface area contributed by atoms with Crippen molar-refractivity contribution >= 4 is 17.5 Å². The average Bonchev–Trinajstić information content (AvgIpc) is 2.72. The third kappa shape index (κ3) is 5.76. The molecule has 1 aromatic heterocycles. The van der Waals surface area contributed by atoms with Crippen molar-refractivity contribution in [1.29, 1.82) is 0 Å². The zero-order valence-electron chi connectivity index (χ0n) is 17.9. The molecule has 2 amide bonds. The topological polar surface area (TPSA) is 74.7 Å². The maximum atomic E-state index is 12.9. The van der Waals surface area contributed by atoms with Gasteiger partial charge in [-0.05, 0) is 31.0 Å². The van der Waals surface area contributed by atoms with Gasteiger partial charge >= 0.3 is 6.18 Å². The minimum Gasteiger partial charge on any atom is -0.339 e. The second-order valence-electron chi connectivity index (χ2n) is 7.85. The first-order valence-corrected chi connectivity index (χ1v) is 10.2. The summed E-state index contributed by atoms with van der Waals surface area (Å²) in [5, 5.41) is 2.92. The number of aryl methyl sites for hydroxylation is 2. The molecule has 0 spiro atoms. The van der Waals surface area contributed by atoms with Gasteiger partial charge < -0.3 is 14.8 Å². The van der Waals surface area contributed by atoms with E-state index in [9.17, 15) is 27.6 Å². The lowest BCUT2D eigenvalue weighted by atomic mass is 10.1. The Hall–Kier alpha value is -3.14. The molecule has 32 heavy (non-hydrogen) atoms. The summed E-state index contributed by atoms with van der Waals surface area (Å²) in [5.41, 5.74) is 1.08. The molecule has 7 nitrogen and oxygen atoms in total. The molecule has 1 fully saturated rings. The molecule has 0 unspecified atom stereocenters. The van der Waals surface area contributed by atoms with Crippen molar-refractivity contribution in [1.82, 2.24) is 14.4 Å². The fourth-order valence-electron chi connectivity index (χ4n) is 3.62. The quantitative estimate of drug-likeness (QED) is 0.759. The van der Waals surface area contributed by atoms with Crippen LogP contribution in [0.25, 0.3) is 0 Å². The SMILES string of the molecule is Cc1cccc(C)c1NC(=O)CN1CCN(C(=O)Cn2cc(C(F)(F)F)ccc2=O)CC1. The minimum absolute atomic E-state index is 0.155. The highest BCUT2D eigenvalue weighted by atomic mass is 19.4. The fraction of sp³-hybridized carbons (Fsp3) is 0.409. The number of alkyl halides is 3. The van der Waals surface area contributed by atoms with Crippen LogP contribution in [0.1, 0.15) is 16.7 Å². The normalized spacial score (nSPS) is 15.0. The molecule has 10 heteroatoms. The first kappa shape index (κ1) is 23.5. The number of nitrogens with one attached hydrogen (secondary N) is 1. The molecule has 2 heterocycles. The second kappa shape index (κ2) is 9.56. The monoisotopic (exact) mass is 450 g/mol. The Kier molecular flexibility index (Phi) is 7.02. The Morgan fingerprint density at radius 1 is 0.969 bits per heavy atom. The van der Waals surface area contributed by atoms with E-state index in [0.29, 0.717) is 38.4 Å². The molecule has 1 N–H and O–H groups in total. The van der Waals surface area contributed by atoms with E-state index in [-0.39, 0.29) is 12.5 Å². The van der Waals surface area contributed by atoms with Crippen LogP contribution < -0.4 is 10.9 Å². The number of benzene rings is 1. The predicted octanol–water partition coefficient (Wildman–Crippen LogP) is 2.27. The van der Waals surface area contributed by atoms with Crippen LogP contribution >= 0.6 is 0 Å². The molecule has 1 aliphatic rings. The van der Waals surface area contributed by atoms with Crippen molar-refractivity contribution in [2.45, 2.75) is 26.6 Å². The summed E-state index contributed by atoms with van der Waals surface area (Å²) in [6.45, 7) is 5.09. The molecule has 2 aromatic rings. The molecule has 172 valence electrons.